The second kappa shape index (κ2) is 5.83. The lowest BCUT2D eigenvalue weighted by Gasteiger charge is -2.26. The smallest absolute Gasteiger partial charge is 0.235 e. The Kier molecular flexibility index (Phi) is 4.59. The Morgan fingerprint density at radius 3 is 2.67 bits per heavy atom. The lowest BCUT2D eigenvalue weighted by Crippen LogP contribution is -2.40. The van der Waals surface area contributed by atoms with Crippen molar-refractivity contribution >= 4 is 17.7 Å². The summed E-state index contributed by atoms with van der Waals surface area (Å²) in [4.78, 5) is 14.7. The van der Waals surface area contributed by atoms with Gasteiger partial charge in [0.05, 0.1) is 5.25 Å². The zero-order valence-corrected chi connectivity index (χ0v) is 12.6. The summed E-state index contributed by atoms with van der Waals surface area (Å²) in [5, 5.41) is 0.130. The summed E-state index contributed by atoms with van der Waals surface area (Å²) in [7, 11) is 0. The van der Waals surface area contributed by atoms with Crippen LogP contribution in [0.5, 0.6) is 0 Å². The van der Waals surface area contributed by atoms with Crippen molar-refractivity contribution in [3.05, 3.63) is 0 Å². The van der Waals surface area contributed by atoms with Gasteiger partial charge >= 0.3 is 0 Å². The second-order valence-electron chi connectivity index (χ2n) is 6.03. The molecular formula is C14H26N2OS. The Balaban J connectivity index is 1.98. The Morgan fingerprint density at radius 1 is 1.39 bits per heavy atom. The predicted octanol–water partition coefficient (Wildman–Crippen LogP) is 1.96. The number of rotatable bonds is 4. The van der Waals surface area contributed by atoms with Gasteiger partial charge in [0.15, 0.2) is 0 Å². The van der Waals surface area contributed by atoms with Crippen LogP contribution in [-0.2, 0) is 4.79 Å². The van der Waals surface area contributed by atoms with E-state index in [0.29, 0.717) is 29.7 Å². The summed E-state index contributed by atoms with van der Waals surface area (Å²) in [6.07, 6.45) is 2.36. The second-order valence-corrected chi connectivity index (χ2v) is 7.45. The maximum atomic E-state index is 12.6. The monoisotopic (exact) mass is 270 g/mol. The zero-order valence-electron chi connectivity index (χ0n) is 11.8. The highest BCUT2D eigenvalue weighted by atomic mass is 32.2. The number of nitrogens with two attached hydrogens (primary N) is 1. The summed E-state index contributed by atoms with van der Waals surface area (Å²) >= 11 is 1.79. The predicted molar refractivity (Wildman–Crippen MR) is 77.5 cm³/mol. The normalized spacial score (nSPS) is 32.9. The molecule has 4 unspecified atom stereocenters. The first kappa shape index (κ1) is 14.2. The summed E-state index contributed by atoms with van der Waals surface area (Å²) in [5.74, 6) is 3.00. The number of hydrogen-bond donors (Lipinski definition) is 1. The number of likely N-dealkylation sites (tertiary alicyclic amines) is 1. The molecule has 2 N–H and O–H groups in total. The van der Waals surface area contributed by atoms with E-state index in [0.717, 1.165) is 25.3 Å². The summed E-state index contributed by atoms with van der Waals surface area (Å²) in [6, 6.07) is 0.323. The largest absolute Gasteiger partial charge is 0.341 e. The SMILES string of the molecule is CCSC(C(=O)N1CC2CCC(N)C2C1)C(C)C. The van der Waals surface area contributed by atoms with E-state index in [-0.39, 0.29) is 5.25 Å². The number of amides is 1. The zero-order chi connectivity index (χ0) is 13.3. The minimum atomic E-state index is 0.130. The molecule has 0 aromatic heterocycles. The fourth-order valence-electron chi connectivity index (χ4n) is 3.40. The van der Waals surface area contributed by atoms with Gasteiger partial charge in [0.1, 0.15) is 0 Å². The molecule has 1 saturated carbocycles. The standard InChI is InChI=1S/C14H26N2OS/c1-4-18-13(9(2)3)14(17)16-7-10-5-6-12(15)11(10)8-16/h9-13H,4-8,15H2,1-3H3. The third-order valence-corrected chi connectivity index (χ3v) is 5.86. The summed E-state index contributed by atoms with van der Waals surface area (Å²) < 4.78 is 0. The molecule has 1 aliphatic heterocycles. The minimum absolute atomic E-state index is 0.130. The van der Waals surface area contributed by atoms with Gasteiger partial charge < -0.3 is 10.6 Å². The lowest BCUT2D eigenvalue weighted by molar-refractivity contribution is -0.130. The minimum Gasteiger partial charge on any atom is -0.341 e. The van der Waals surface area contributed by atoms with E-state index in [4.69, 9.17) is 5.73 Å². The van der Waals surface area contributed by atoms with Crippen molar-refractivity contribution in [2.24, 2.45) is 23.5 Å². The van der Waals surface area contributed by atoms with E-state index >= 15 is 0 Å². The van der Waals surface area contributed by atoms with E-state index in [1.54, 1.807) is 11.8 Å². The van der Waals surface area contributed by atoms with Crippen molar-refractivity contribution in [2.45, 2.75) is 44.9 Å². The van der Waals surface area contributed by atoms with Crippen molar-refractivity contribution in [1.82, 2.24) is 4.90 Å². The van der Waals surface area contributed by atoms with Gasteiger partial charge in [0, 0.05) is 19.1 Å². The third-order valence-electron chi connectivity index (χ3n) is 4.42. The Bertz CT molecular complexity index is 308. The molecule has 0 radical (unpaired) electrons. The topological polar surface area (TPSA) is 46.3 Å². The molecular weight excluding hydrogens is 244 g/mol. The maximum absolute atomic E-state index is 12.6. The molecule has 104 valence electrons. The van der Waals surface area contributed by atoms with Crippen LogP contribution in [0.2, 0.25) is 0 Å². The maximum Gasteiger partial charge on any atom is 0.235 e. The van der Waals surface area contributed by atoms with Crippen molar-refractivity contribution in [3.8, 4) is 0 Å². The van der Waals surface area contributed by atoms with Crippen LogP contribution in [0.3, 0.4) is 0 Å². The first-order valence-corrected chi connectivity index (χ1v) is 8.25. The molecule has 0 aromatic rings. The van der Waals surface area contributed by atoms with Gasteiger partial charge in [-0.05, 0) is 36.3 Å². The van der Waals surface area contributed by atoms with E-state index in [1.807, 2.05) is 0 Å². The Labute approximate surface area is 115 Å². The molecule has 18 heavy (non-hydrogen) atoms. The molecule has 4 atom stereocenters. The number of nitrogens with zero attached hydrogens (tertiary/aromatic N) is 1. The van der Waals surface area contributed by atoms with Crippen molar-refractivity contribution in [1.29, 1.82) is 0 Å². The summed E-state index contributed by atoms with van der Waals surface area (Å²) in [5.41, 5.74) is 6.13. The quantitative estimate of drug-likeness (QED) is 0.849. The van der Waals surface area contributed by atoms with E-state index in [1.165, 1.54) is 6.42 Å². The average Bonchev–Trinajstić information content (AvgIpc) is 2.88. The molecule has 4 heteroatoms. The van der Waals surface area contributed by atoms with E-state index in [9.17, 15) is 4.79 Å². The summed E-state index contributed by atoms with van der Waals surface area (Å²) in [6.45, 7) is 8.27. The highest BCUT2D eigenvalue weighted by Gasteiger charge is 2.43. The molecule has 2 aliphatic rings. The number of carbonyl (C=O) groups excluding carboxylic acids is 1. The van der Waals surface area contributed by atoms with Crippen LogP contribution in [0.1, 0.15) is 33.6 Å². The van der Waals surface area contributed by atoms with Crippen molar-refractivity contribution in [3.63, 3.8) is 0 Å². The molecule has 0 aromatic carbocycles. The van der Waals surface area contributed by atoms with Gasteiger partial charge in [-0.3, -0.25) is 4.79 Å². The number of thioether (sulfide) groups is 1. The number of hydrogen-bond acceptors (Lipinski definition) is 3. The fourth-order valence-corrected chi connectivity index (χ4v) is 4.43. The van der Waals surface area contributed by atoms with Gasteiger partial charge in [-0.2, -0.15) is 0 Å². The van der Waals surface area contributed by atoms with Gasteiger partial charge in [-0.15, -0.1) is 11.8 Å². The molecule has 2 fully saturated rings. The number of carbonyl (C=O) groups is 1. The van der Waals surface area contributed by atoms with Gasteiger partial charge in [0.2, 0.25) is 5.91 Å². The fraction of sp³-hybridized carbons (Fsp3) is 0.929. The van der Waals surface area contributed by atoms with Gasteiger partial charge in [-0.25, -0.2) is 0 Å². The Morgan fingerprint density at radius 2 is 2.11 bits per heavy atom. The molecule has 0 bridgehead atoms. The van der Waals surface area contributed by atoms with E-state index in [2.05, 4.69) is 25.7 Å². The van der Waals surface area contributed by atoms with Crippen LogP contribution in [0.15, 0.2) is 0 Å². The van der Waals surface area contributed by atoms with Gasteiger partial charge in [0.25, 0.3) is 0 Å². The number of fused-ring (bicyclic) bond motifs is 1. The molecule has 3 nitrogen and oxygen atoms in total. The lowest BCUT2D eigenvalue weighted by atomic mass is 9.98. The third kappa shape index (κ3) is 2.69. The van der Waals surface area contributed by atoms with Crippen molar-refractivity contribution in [2.75, 3.05) is 18.8 Å². The average molecular weight is 270 g/mol. The highest BCUT2D eigenvalue weighted by molar-refractivity contribution is 8.00. The highest BCUT2D eigenvalue weighted by Crippen LogP contribution is 2.38. The molecule has 1 saturated heterocycles. The van der Waals surface area contributed by atoms with Crippen LogP contribution in [0.25, 0.3) is 0 Å². The van der Waals surface area contributed by atoms with Crippen LogP contribution in [0.4, 0.5) is 0 Å². The van der Waals surface area contributed by atoms with Crippen molar-refractivity contribution < 1.29 is 4.79 Å². The van der Waals surface area contributed by atoms with Crippen LogP contribution in [0, 0.1) is 17.8 Å². The van der Waals surface area contributed by atoms with Crippen LogP contribution >= 0.6 is 11.8 Å². The van der Waals surface area contributed by atoms with E-state index < -0.39 is 0 Å². The first-order chi connectivity index (χ1) is 8.54. The van der Waals surface area contributed by atoms with Gasteiger partial charge in [-0.1, -0.05) is 20.8 Å². The molecule has 1 heterocycles. The van der Waals surface area contributed by atoms with Crippen LogP contribution in [-0.4, -0.2) is 40.9 Å². The first-order valence-electron chi connectivity index (χ1n) is 7.20. The molecule has 1 aliphatic carbocycles. The molecule has 0 spiro atoms. The molecule has 1 amide bonds. The Hall–Kier alpha value is -0.220. The molecule has 2 rings (SSSR count). The van der Waals surface area contributed by atoms with Crippen LogP contribution < -0.4 is 5.73 Å².